The summed E-state index contributed by atoms with van der Waals surface area (Å²) in [7, 11) is 2.78. The van der Waals surface area contributed by atoms with Crippen LogP contribution in [0, 0.1) is 26.0 Å². The van der Waals surface area contributed by atoms with E-state index in [4.69, 9.17) is 13.0 Å². The van der Waals surface area contributed by atoms with Crippen molar-refractivity contribution in [2.75, 3.05) is 0 Å². The summed E-state index contributed by atoms with van der Waals surface area (Å²) < 4.78 is 0. The molecule has 2 heteroatoms. The molecule has 0 spiro atoms. The number of hydrogen-bond acceptors (Lipinski definition) is 0. The van der Waals surface area contributed by atoms with Gasteiger partial charge in [0.1, 0.15) is 0 Å². The minimum atomic E-state index is 0. The minimum Gasteiger partial charge on any atom is -0.694 e. The summed E-state index contributed by atoms with van der Waals surface area (Å²) >= 11 is 0. The van der Waals surface area contributed by atoms with Crippen LogP contribution in [0.5, 0.6) is 0 Å². The largest absolute Gasteiger partial charge is 3.00 e. The molecule has 0 aromatic carbocycles. The average Bonchev–Trinajstić information content (AvgIpc) is 1.39. The van der Waals surface area contributed by atoms with Crippen LogP contribution >= 0.6 is 0 Å². The van der Waals surface area contributed by atoms with Crippen LogP contribution in [0.15, 0.2) is 0 Å². The van der Waals surface area contributed by atoms with Gasteiger partial charge in [-0.15, -0.1) is 0 Å². The Morgan fingerprint density at radius 1 is 1.71 bits per heavy atom. The molecule has 0 fully saturated rings. The van der Waals surface area contributed by atoms with E-state index in [1.807, 2.05) is 5.92 Å². The van der Waals surface area contributed by atoms with Gasteiger partial charge in [-0.3, -0.25) is 6.57 Å². The van der Waals surface area contributed by atoms with E-state index < -0.39 is 0 Å². The van der Waals surface area contributed by atoms with E-state index in [1.165, 1.54) is 0 Å². The van der Waals surface area contributed by atoms with Gasteiger partial charge < -0.3 is 17.2 Å². The maximum absolute atomic E-state index is 5.96. The molecule has 0 amide bonds. The Morgan fingerprint density at radius 2 is 1.71 bits per heavy atom. The number of rotatable bonds is 0. The molecule has 0 radical (unpaired) electrons. The fourth-order valence-electron chi connectivity index (χ4n) is 0. The second-order valence-corrected chi connectivity index (χ2v) is 0.408. The predicted octanol–water partition coefficient (Wildman–Crippen LogP) is 1.29. The van der Waals surface area contributed by atoms with Gasteiger partial charge in [-0.05, 0) is 6.92 Å². The van der Waals surface area contributed by atoms with Crippen molar-refractivity contribution in [2.24, 2.45) is 0 Å². The van der Waals surface area contributed by atoms with Crippen molar-refractivity contribution in [1.29, 1.82) is 0 Å². The molecule has 7 heavy (non-hydrogen) atoms. The topological polar surface area (TPSA) is 4.36 Å². The molecule has 0 atom stereocenters. The van der Waals surface area contributed by atoms with E-state index in [2.05, 4.69) is 11.9 Å². The van der Waals surface area contributed by atoms with Gasteiger partial charge in [-0.2, -0.15) is 0 Å². The Bertz CT molecular complexity index is 63.1. The summed E-state index contributed by atoms with van der Waals surface area (Å²) in [5, 5.41) is 0. The normalized spacial score (nSPS) is 2.14. The standard InChI is InChI=1S/C3H3.C2H2N.Au/c2*1-3-2;/h1H3;1H2;/q2*-1;+3. The SMILES string of the molecule is [Au+3].[C-]#CC.[C-]#[N+][CH2-]. The molecule has 0 aromatic rings. The molecule has 0 aromatic heterocycles. The molecule has 0 saturated carbocycles. The van der Waals surface area contributed by atoms with Gasteiger partial charge in [0, 0.05) is 0 Å². The molecule has 0 aliphatic carbocycles. The Hall–Kier alpha value is -0.340. The third-order valence-corrected chi connectivity index (χ3v) is 0. The van der Waals surface area contributed by atoms with Crippen LogP contribution in [-0.2, 0) is 22.4 Å². The summed E-state index contributed by atoms with van der Waals surface area (Å²) in [6.45, 7) is 7.26. The molecule has 0 saturated heterocycles. The maximum Gasteiger partial charge on any atom is 3.00 e. The molecule has 0 aliphatic rings. The summed E-state index contributed by atoms with van der Waals surface area (Å²) in [5.74, 6) is 2.00. The first-order valence-corrected chi connectivity index (χ1v) is 1.29. The quantitative estimate of drug-likeness (QED) is 0.357. The summed E-state index contributed by atoms with van der Waals surface area (Å²) in [4.78, 5) is 2.50. The minimum absolute atomic E-state index is 0. The molecule has 40 valence electrons. The molecule has 0 heterocycles. The van der Waals surface area contributed by atoms with Gasteiger partial charge in [-0.1, -0.05) is 7.05 Å². The molecule has 0 rings (SSSR count). The molecule has 0 aliphatic heterocycles. The van der Waals surface area contributed by atoms with Gasteiger partial charge in [0.2, 0.25) is 0 Å². The van der Waals surface area contributed by atoms with E-state index in [9.17, 15) is 0 Å². The van der Waals surface area contributed by atoms with Gasteiger partial charge in [0.05, 0.1) is 0 Å². The zero-order valence-electron chi connectivity index (χ0n) is 3.96. The monoisotopic (exact) mass is 276 g/mol. The van der Waals surface area contributed by atoms with E-state index >= 15 is 0 Å². The third-order valence-electron chi connectivity index (χ3n) is 0. The van der Waals surface area contributed by atoms with Crippen molar-refractivity contribution in [1.82, 2.24) is 0 Å². The van der Waals surface area contributed by atoms with Gasteiger partial charge in [0.25, 0.3) is 0 Å². The van der Waals surface area contributed by atoms with Crippen LogP contribution in [0.2, 0.25) is 0 Å². The second-order valence-electron chi connectivity index (χ2n) is 0.408. The van der Waals surface area contributed by atoms with Gasteiger partial charge >= 0.3 is 22.4 Å². The Balaban J connectivity index is -0.0000000400. The third kappa shape index (κ3) is 657. The predicted molar refractivity (Wildman–Crippen MR) is 24.8 cm³/mol. The summed E-state index contributed by atoms with van der Waals surface area (Å²) in [6.07, 6.45) is 5.96. The van der Waals surface area contributed by atoms with Crippen molar-refractivity contribution in [3.8, 4) is 5.92 Å². The molecular weight excluding hydrogens is 271 g/mol. The van der Waals surface area contributed by atoms with Crippen molar-refractivity contribution >= 4 is 0 Å². The van der Waals surface area contributed by atoms with Crippen LogP contribution in [0.3, 0.4) is 0 Å². The van der Waals surface area contributed by atoms with E-state index in [-0.39, 0.29) is 22.4 Å². The summed E-state index contributed by atoms with van der Waals surface area (Å²) in [6, 6.07) is 0. The van der Waals surface area contributed by atoms with Gasteiger partial charge in [-0.25, -0.2) is 0 Å². The van der Waals surface area contributed by atoms with Crippen LogP contribution in [0.4, 0.5) is 0 Å². The van der Waals surface area contributed by atoms with Gasteiger partial charge in [0.15, 0.2) is 0 Å². The number of hydrogen-bond donors (Lipinski definition) is 0. The van der Waals surface area contributed by atoms with Crippen molar-refractivity contribution < 1.29 is 22.4 Å². The number of nitrogens with zero attached hydrogens (tertiary/aromatic N) is 1. The molecule has 0 unspecified atom stereocenters. The Kier molecular flexibility index (Phi) is 101. The zero-order chi connectivity index (χ0) is 5.41. The average molecular weight is 276 g/mol. The van der Waals surface area contributed by atoms with E-state index in [1.54, 1.807) is 6.92 Å². The molecular formula is C5H5AuN+. The zero-order valence-corrected chi connectivity index (χ0v) is 6.12. The molecule has 0 N–H and O–H groups in total. The van der Waals surface area contributed by atoms with E-state index in [0.29, 0.717) is 0 Å². The van der Waals surface area contributed by atoms with Crippen LogP contribution in [-0.4, -0.2) is 0 Å². The summed E-state index contributed by atoms with van der Waals surface area (Å²) in [5.41, 5.74) is 0. The first-order valence-electron chi connectivity index (χ1n) is 1.29. The van der Waals surface area contributed by atoms with Crippen LogP contribution in [0.25, 0.3) is 4.85 Å². The Morgan fingerprint density at radius 3 is 1.71 bits per heavy atom. The molecule has 0 bridgehead atoms. The Labute approximate surface area is 60.4 Å². The maximum atomic E-state index is 5.96. The van der Waals surface area contributed by atoms with Crippen molar-refractivity contribution in [3.63, 3.8) is 0 Å². The van der Waals surface area contributed by atoms with Crippen LogP contribution in [0.1, 0.15) is 6.92 Å². The van der Waals surface area contributed by atoms with Crippen LogP contribution < -0.4 is 0 Å². The van der Waals surface area contributed by atoms with E-state index in [0.717, 1.165) is 0 Å². The first kappa shape index (κ1) is 15.9. The fourth-order valence-corrected chi connectivity index (χ4v) is 0. The smallest absolute Gasteiger partial charge is 0.694 e. The van der Waals surface area contributed by atoms with Crippen molar-refractivity contribution in [2.45, 2.75) is 6.92 Å². The second kappa shape index (κ2) is 44.6. The van der Waals surface area contributed by atoms with Crippen molar-refractivity contribution in [3.05, 3.63) is 24.9 Å². The first-order chi connectivity index (χ1) is 2.83. The fraction of sp³-hybridized carbons (Fsp3) is 0.200. The molecule has 1 nitrogen and oxygen atoms in total.